The van der Waals surface area contributed by atoms with E-state index < -0.39 is 42.6 Å². The Labute approximate surface area is 153 Å². The van der Waals surface area contributed by atoms with Crippen molar-refractivity contribution in [2.45, 2.75) is 74.7 Å². The lowest BCUT2D eigenvalue weighted by Gasteiger charge is -2.64. The van der Waals surface area contributed by atoms with E-state index in [1.807, 2.05) is 0 Å². The van der Waals surface area contributed by atoms with Gasteiger partial charge in [-0.15, -0.1) is 0 Å². The van der Waals surface area contributed by atoms with Crippen LogP contribution in [0.1, 0.15) is 70.6 Å². The number of hydrogen-bond acceptors (Lipinski definition) is 3. The first kappa shape index (κ1) is 10.2. The van der Waals surface area contributed by atoms with Crippen LogP contribution in [0.2, 0.25) is 0 Å². The monoisotopic (exact) mass is 333 g/mol. The van der Waals surface area contributed by atoms with Crippen LogP contribution in [-0.2, 0) is 11.8 Å². The van der Waals surface area contributed by atoms with Crippen LogP contribution in [0.3, 0.4) is 0 Å². The summed E-state index contributed by atoms with van der Waals surface area (Å²) in [4.78, 5) is 2.20. The third-order valence-electron chi connectivity index (χ3n) is 6.91. The molecule has 2 bridgehead atoms. The van der Waals surface area contributed by atoms with E-state index in [0.29, 0.717) is 24.4 Å². The van der Waals surface area contributed by atoms with Crippen molar-refractivity contribution in [1.29, 1.82) is 0 Å². The maximum absolute atomic E-state index is 12.2. The van der Waals surface area contributed by atoms with Gasteiger partial charge in [0.15, 0.2) is 0 Å². The van der Waals surface area contributed by atoms with Crippen molar-refractivity contribution >= 4 is 0 Å². The second-order valence-corrected chi connectivity index (χ2v) is 8.04. The number of aliphatic hydroxyl groups is 1. The second-order valence-electron chi connectivity index (χ2n) is 8.04. The molecule has 2 N–H and O–H groups in total. The fourth-order valence-electron chi connectivity index (χ4n) is 5.35. The smallest absolute Gasteiger partial charge is 0.115 e. The van der Waals surface area contributed by atoms with Gasteiger partial charge in [-0.05, 0) is 74.2 Å². The number of likely N-dealkylation sites (tertiary alicyclic amines) is 1. The van der Waals surface area contributed by atoms with Crippen LogP contribution in [0.4, 0.5) is 0 Å². The molecule has 0 radical (unpaired) electrons. The van der Waals surface area contributed by atoms with Crippen molar-refractivity contribution in [3.05, 3.63) is 29.3 Å². The summed E-state index contributed by atoms with van der Waals surface area (Å²) < 4.78 is 51.7. The highest BCUT2D eigenvalue weighted by molar-refractivity contribution is 5.48. The minimum Gasteiger partial charge on any atom is -0.508 e. The van der Waals surface area contributed by atoms with Crippen molar-refractivity contribution < 1.29 is 18.4 Å². The Morgan fingerprint density at radius 1 is 1.25 bits per heavy atom. The first-order valence-electron chi connectivity index (χ1n) is 12.2. The van der Waals surface area contributed by atoms with E-state index in [1.54, 1.807) is 12.1 Å². The van der Waals surface area contributed by atoms with E-state index in [0.717, 1.165) is 24.9 Å². The average Bonchev–Trinajstić information content (AvgIpc) is 2.58. The molecule has 0 spiro atoms. The van der Waals surface area contributed by atoms with Crippen LogP contribution >= 0.6 is 0 Å². The summed E-state index contributed by atoms with van der Waals surface area (Å²) in [6.07, 6.45) is -4.35. The molecule has 4 aliphatic rings. The molecule has 1 aromatic carbocycles. The molecule has 1 heterocycles. The topological polar surface area (TPSA) is 43.7 Å². The Morgan fingerprint density at radius 2 is 2.12 bits per heavy atom. The number of benzene rings is 1. The number of hydrogen-bond donors (Lipinski definition) is 2. The van der Waals surface area contributed by atoms with E-state index >= 15 is 0 Å². The molecule has 3 aliphatic carbocycles. The molecule has 0 amide bonds. The fourth-order valence-corrected chi connectivity index (χ4v) is 5.35. The Balaban J connectivity index is 1.74. The Morgan fingerprint density at radius 3 is 2.92 bits per heavy atom. The number of phenolic OH excluding ortho intramolecular Hbond substituents is 1. The van der Waals surface area contributed by atoms with Crippen molar-refractivity contribution in [1.82, 2.24) is 4.90 Å². The first-order valence-corrected chi connectivity index (χ1v) is 9.16. The molecular formula is C21H29NO2. The SMILES string of the molecule is [2H]C1([2H])C[C@@]2(O)[C@H]3Cc4ccc(O)cc4[C@@]2(CCN3CC2CCC2)C([2H])([2H])C1([2H])[2H]. The van der Waals surface area contributed by atoms with Crippen molar-refractivity contribution in [3.8, 4) is 5.75 Å². The number of phenols is 1. The lowest BCUT2D eigenvalue weighted by molar-refractivity contribution is -0.169. The van der Waals surface area contributed by atoms with Gasteiger partial charge in [0.25, 0.3) is 0 Å². The summed E-state index contributed by atoms with van der Waals surface area (Å²) in [5, 5.41) is 22.4. The van der Waals surface area contributed by atoms with E-state index in [-0.39, 0.29) is 12.2 Å². The summed E-state index contributed by atoms with van der Waals surface area (Å²) in [7, 11) is 0. The number of piperidine rings is 1. The van der Waals surface area contributed by atoms with Crippen molar-refractivity contribution in [3.63, 3.8) is 0 Å². The van der Waals surface area contributed by atoms with E-state index in [4.69, 9.17) is 8.22 Å². The molecular weight excluding hydrogens is 298 g/mol. The molecule has 3 nitrogen and oxygen atoms in total. The molecule has 1 aromatic rings. The molecule has 1 aliphatic heterocycles. The van der Waals surface area contributed by atoms with Crippen LogP contribution in [0, 0.1) is 5.92 Å². The molecule has 1 saturated heterocycles. The van der Waals surface area contributed by atoms with Crippen LogP contribution in [0.5, 0.6) is 5.75 Å². The first-order chi connectivity index (χ1) is 13.9. The highest BCUT2D eigenvalue weighted by atomic mass is 16.3. The normalized spacial score (nSPS) is 49.0. The maximum Gasteiger partial charge on any atom is 0.115 e. The number of nitrogens with zero attached hydrogens (tertiary/aromatic N) is 1. The maximum atomic E-state index is 12.2. The Bertz CT molecular complexity index is 888. The van der Waals surface area contributed by atoms with Crippen molar-refractivity contribution in [2.24, 2.45) is 5.92 Å². The van der Waals surface area contributed by atoms with Crippen LogP contribution in [0.25, 0.3) is 0 Å². The summed E-state index contributed by atoms with van der Waals surface area (Å²) in [6.45, 7) is 1.33. The summed E-state index contributed by atoms with van der Waals surface area (Å²) >= 11 is 0. The van der Waals surface area contributed by atoms with Gasteiger partial charge in [-0.25, -0.2) is 0 Å². The van der Waals surface area contributed by atoms with Gasteiger partial charge in [0.05, 0.1) is 5.60 Å². The van der Waals surface area contributed by atoms with Gasteiger partial charge in [0.2, 0.25) is 0 Å². The van der Waals surface area contributed by atoms with Gasteiger partial charge in [-0.1, -0.05) is 25.2 Å². The lowest BCUT2D eigenvalue weighted by atomic mass is 9.49. The minimum atomic E-state index is -2.80. The molecule has 0 unspecified atom stereocenters. The quantitative estimate of drug-likeness (QED) is 0.872. The van der Waals surface area contributed by atoms with Crippen LogP contribution in [0.15, 0.2) is 18.2 Å². The largest absolute Gasteiger partial charge is 0.508 e. The van der Waals surface area contributed by atoms with Gasteiger partial charge < -0.3 is 10.2 Å². The number of fused-ring (bicyclic) bond motifs is 1. The molecule has 3 atom stereocenters. The second kappa shape index (κ2) is 5.22. The summed E-state index contributed by atoms with van der Waals surface area (Å²) in [6, 6.07) is 4.29. The molecule has 3 heteroatoms. The van der Waals surface area contributed by atoms with Crippen molar-refractivity contribution in [2.75, 3.05) is 13.1 Å². The van der Waals surface area contributed by atoms with Gasteiger partial charge >= 0.3 is 0 Å². The molecule has 130 valence electrons. The lowest BCUT2D eigenvalue weighted by Crippen LogP contribution is -2.72. The highest BCUT2D eigenvalue weighted by Crippen LogP contribution is 2.58. The molecule has 24 heavy (non-hydrogen) atoms. The summed E-state index contributed by atoms with van der Waals surface area (Å²) in [5.41, 5.74) is -2.15. The molecule has 2 saturated carbocycles. The number of aromatic hydroxyl groups is 1. The minimum absolute atomic E-state index is 0.0502. The predicted octanol–water partition coefficient (Wildman–Crippen LogP) is 3.37. The zero-order valence-corrected chi connectivity index (χ0v) is 13.9. The molecule has 5 rings (SSSR count). The molecule has 3 fully saturated rings. The fraction of sp³-hybridized carbons (Fsp3) is 0.714. The third-order valence-corrected chi connectivity index (χ3v) is 6.91. The van der Waals surface area contributed by atoms with E-state index in [1.165, 1.54) is 12.5 Å². The van der Waals surface area contributed by atoms with Gasteiger partial charge in [0, 0.05) is 26.2 Å². The summed E-state index contributed by atoms with van der Waals surface area (Å²) in [5.74, 6) is 0.497. The van der Waals surface area contributed by atoms with E-state index in [9.17, 15) is 10.2 Å². The number of rotatable bonds is 2. The zero-order valence-electron chi connectivity index (χ0n) is 19.9. The standard InChI is InChI=1S/C21H29NO2/c23-17-7-6-16-12-19-21(24)9-2-1-8-20(21,18(16)13-17)10-11-22(19)14-15-4-3-5-15/h6-7,13,15,19,23-24H,1-5,8-12,14H2/t19-,20+,21-/m1/s1/i1D2,2D2,8D2. The molecule has 0 aromatic heterocycles. The zero-order chi connectivity index (χ0) is 21.7. The average molecular weight is 334 g/mol. The van der Waals surface area contributed by atoms with Crippen LogP contribution in [-0.4, -0.2) is 39.8 Å². The van der Waals surface area contributed by atoms with Gasteiger partial charge in [0.1, 0.15) is 5.75 Å². The Hall–Kier alpha value is -1.06. The van der Waals surface area contributed by atoms with E-state index in [2.05, 4.69) is 4.90 Å². The highest BCUT2D eigenvalue weighted by Gasteiger charge is 2.63. The predicted molar refractivity (Wildman–Crippen MR) is 94.2 cm³/mol. The van der Waals surface area contributed by atoms with Gasteiger partial charge in [-0.3, -0.25) is 4.90 Å². The Kier molecular flexibility index (Phi) is 2.21. The third kappa shape index (κ3) is 1.91. The van der Waals surface area contributed by atoms with Gasteiger partial charge in [-0.2, -0.15) is 0 Å². The van der Waals surface area contributed by atoms with Crippen LogP contribution < -0.4 is 0 Å².